The number of nitrogens with one attached hydrogen (secondary N) is 1. The van der Waals surface area contributed by atoms with Crippen LogP contribution in [0.4, 0.5) is 6.01 Å². The number of rotatable bonds is 5. The summed E-state index contributed by atoms with van der Waals surface area (Å²) in [6, 6.07) is 0.277. The highest BCUT2D eigenvalue weighted by molar-refractivity contribution is 5.85. The van der Waals surface area contributed by atoms with Crippen LogP contribution in [0.5, 0.6) is 0 Å². The first-order valence-corrected chi connectivity index (χ1v) is 5.91. The number of aromatic nitrogens is 1. The molecule has 0 aliphatic carbocycles. The van der Waals surface area contributed by atoms with Gasteiger partial charge in [0, 0.05) is 13.1 Å². The van der Waals surface area contributed by atoms with Crippen LogP contribution in [0.1, 0.15) is 29.8 Å². The van der Waals surface area contributed by atoms with Gasteiger partial charge in [-0.2, -0.15) is 4.98 Å². The largest absolute Gasteiger partial charge is 0.476 e. The predicted octanol–water partition coefficient (Wildman–Crippen LogP) is 1.27. The number of likely N-dealkylation sites (tertiary alicyclic amines) is 1. The maximum absolute atomic E-state index is 10.6. The molecule has 1 saturated heterocycles. The van der Waals surface area contributed by atoms with E-state index in [4.69, 9.17) is 9.52 Å². The summed E-state index contributed by atoms with van der Waals surface area (Å²) in [7, 11) is 0. The summed E-state index contributed by atoms with van der Waals surface area (Å²) in [5.74, 6) is -1.07. The lowest BCUT2D eigenvalue weighted by atomic mass is 10.1. The Balaban J connectivity index is 1.71. The Bertz CT molecular complexity index is 372. The lowest BCUT2D eigenvalue weighted by Crippen LogP contribution is -2.33. The van der Waals surface area contributed by atoms with E-state index in [1.54, 1.807) is 0 Å². The first kappa shape index (κ1) is 11.9. The van der Waals surface area contributed by atoms with Crippen molar-refractivity contribution in [2.75, 3.05) is 31.5 Å². The average molecular weight is 239 g/mol. The molecule has 1 aromatic heterocycles. The fraction of sp³-hybridized carbons (Fsp3) is 0.636. The van der Waals surface area contributed by atoms with E-state index in [2.05, 4.69) is 15.2 Å². The third kappa shape index (κ3) is 3.45. The number of carboxylic acid groups (broad SMARTS) is 1. The maximum atomic E-state index is 10.6. The van der Waals surface area contributed by atoms with Crippen molar-refractivity contribution in [1.29, 1.82) is 0 Å². The van der Waals surface area contributed by atoms with Crippen molar-refractivity contribution in [2.24, 2.45) is 0 Å². The zero-order chi connectivity index (χ0) is 12.1. The van der Waals surface area contributed by atoms with Gasteiger partial charge in [0.15, 0.2) is 5.69 Å². The molecule has 0 amide bonds. The molecule has 0 atom stereocenters. The van der Waals surface area contributed by atoms with Gasteiger partial charge >= 0.3 is 5.97 Å². The Morgan fingerprint density at radius 2 is 2.24 bits per heavy atom. The number of carbonyl (C=O) groups is 1. The van der Waals surface area contributed by atoms with E-state index in [0.717, 1.165) is 32.4 Å². The summed E-state index contributed by atoms with van der Waals surface area (Å²) in [6.07, 6.45) is 5.00. The van der Waals surface area contributed by atoms with E-state index < -0.39 is 5.97 Å². The van der Waals surface area contributed by atoms with Crippen LogP contribution in [0.25, 0.3) is 0 Å². The Labute approximate surface area is 99.6 Å². The van der Waals surface area contributed by atoms with E-state index in [1.165, 1.54) is 19.3 Å². The number of aromatic carboxylic acids is 1. The highest BCUT2D eigenvalue weighted by Gasteiger charge is 2.11. The Hall–Kier alpha value is -1.56. The molecule has 0 aromatic carbocycles. The van der Waals surface area contributed by atoms with Crippen LogP contribution in [-0.4, -0.2) is 47.1 Å². The second-order valence-corrected chi connectivity index (χ2v) is 4.17. The Kier molecular flexibility index (Phi) is 3.98. The molecule has 1 aromatic rings. The monoisotopic (exact) mass is 239 g/mol. The van der Waals surface area contributed by atoms with Gasteiger partial charge in [-0.1, -0.05) is 6.42 Å². The number of hydrogen-bond donors (Lipinski definition) is 2. The van der Waals surface area contributed by atoms with Crippen LogP contribution in [0.3, 0.4) is 0 Å². The molecule has 0 saturated carbocycles. The normalized spacial score (nSPS) is 16.9. The zero-order valence-electron chi connectivity index (χ0n) is 9.69. The third-order valence-electron chi connectivity index (χ3n) is 2.88. The highest BCUT2D eigenvalue weighted by atomic mass is 16.4. The van der Waals surface area contributed by atoms with E-state index in [-0.39, 0.29) is 11.7 Å². The fourth-order valence-corrected chi connectivity index (χ4v) is 1.96. The smallest absolute Gasteiger partial charge is 0.357 e. The number of anilines is 1. The van der Waals surface area contributed by atoms with Crippen LogP contribution >= 0.6 is 0 Å². The zero-order valence-corrected chi connectivity index (χ0v) is 9.69. The van der Waals surface area contributed by atoms with Crippen molar-refractivity contribution >= 4 is 12.0 Å². The van der Waals surface area contributed by atoms with Crippen molar-refractivity contribution < 1.29 is 14.3 Å². The number of nitrogens with zero attached hydrogens (tertiary/aromatic N) is 2. The molecule has 1 aliphatic heterocycles. The molecule has 0 unspecified atom stereocenters. The molecular formula is C11H17N3O3. The van der Waals surface area contributed by atoms with Gasteiger partial charge in [0.2, 0.25) is 0 Å². The van der Waals surface area contributed by atoms with E-state index in [0.29, 0.717) is 0 Å². The molecule has 2 heterocycles. The summed E-state index contributed by atoms with van der Waals surface area (Å²) in [5, 5.41) is 11.7. The van der Waals surface area contributed by atoms with E-state index in [1.807, 2.05) is 0 Å². The molecule has 0 spiro atoms. The third-order valence-corrected chi connectivity index (χ3v) is 2.88. The van der Waals surface area contributed by atoms with Gasteiger partial charge in [-0.25, -0.2) is 4.79 Å². The summed E-state index contributed by atoms with van der Waals surface area (Å²) in [5.41, 5.74) is -0.0644. The predicted molar refractivity (Wildman–Crippen MR) is 62.2 cm³/mol. The lowest BCUT2D eigenvalue weighted by molar-refractivity contribution is 0.0690. The summed E-state index contributed by atoms with van der Waals surface area (Å²) in [6.45, 7) is 3.95. The number of carboxylic acids is 1. The Morgan fingerprint density at radius 1 is 1.47 bits per heavy atom. The van der Waals surface area contributed by atoms with Crippen molar-refractivity contribution in [3.05, 3.63) is 12.0 Å². The number of hydrogen-bond acceptors (Lipinski definition) is 5. The van der Waals surface area contributed by atoms with Gasteiger partial charge < -0.3 is 19.7 Å². The molecule has 17 heavy (non-hydrogen) atoms. The number of piperidine rings is 1. The molecule has 2 rings (SSSR count). The summed E-state index contributed by atoms with van der Waals surface area (Å²) >= 11 is 0. The fourth-order valence-electron chi connectivity index (χ4n) is 1.96. The van der Waals surface area contributed by atoms with Crippen molar-refractivity contribution in [3.63, 3.8) is 0 Å². The van der Waals surface area contributed by atoms with Gasteiger partial charge in [0.25, 0.3) is 6.01 Å². The SMILES string of the molecule is O=C(O)c1coc(NCCN2CCCCC2)n1. The number of oxazole rings is 1. The molecule has 1 fully saturated rings. The topological polar surface area (TPSA) is 78.6 Å². The van der Waals surface area contributed by atoms with Gasteiger partial charge in [0.1, 0.15) is 6.26 Å². The lowest BCUT2D eigenvalue weighted by Gasteiger charge is -2.26. The van der Waals surface area contributed by atoms with Gasteiger partial charge in [0.05, 0.1) is 0 Å². The molecule has 0 radical (unpaired) electrons. The van der Waals surface area contributed by atoms with Gasteiger partial charge in [-0.15, -0.1) is 0 Å². The average Bonchev–Trinajstić information content (AvgIpc) is 2.79. The van der Waals surface area contributed by atoms with Crippen molar-refractivity contribution in [2.45, 2.75) is 19.3 Å². The minimum absolute atomic E-state index is 0.0644. The summed E-state index contributed by atoms with van der Waals surface area (Å²) < 4.78 is 4.99. The highest BCUT2D eigenvalue weighted by Crippen LogP contribution is 2.09. The van der Waals surface area contributed by atoms with Crippen LogP contribution in [-0.2, 0) is 0 Å². The van der Waals surface area contributed by atoms with Gasteiger partial charge in [-0.05, 0) is 25.9 Å². The van der Waals surface area contributed by atoms with Crippen LogP contribution in [0.15, 0.2) is 10.7 Å². The minimum atomic E-state index is -1.07. The van der Waals surface area contributed by atoms with Crippen LogP contribution in [0, 0.1) is 0 Å². The van der Waals surface area contributed by atoms with E-state index in [9.17, 15) is 4.79 Å². The molecule has 0 bridgehead atoms. The van der Waals surface area contributed by atoms with Crippen LogP contribution in [0.2, 0.25) is 0 Å². The minimum Gasteiger partial charge on any atom is -0.476 e. The first-order chi connectivity index (χ1) is 8.25. The quantitative estimate of drug-likeness (QED) is 0.805. The molecule has 6 heteroatoms. The molecule has 1 aliphatic rings. The van der Waals surface area contributed by atoms with Gasteiger partial charge in [-0.3, -0.25) is 0 Å². The maximum Gasteiger partial charge on any atom is 0.357 e. The molecule has 6 nitrogen and oxygen atoms in total. The molecule has 94 valence electrons. The van der Waals surface area contributed by atoms with Crippen LogP contribution < -0.4 is 5.32 Å². The molecule has 2 N–H and O–H groups in total. The second kappa shape index (κ2) is 5.67. The first-order valence-electron chi connectivity index (χ1n) is 5.91. The second-order valence-electron chi connectivity index (χ2n) is 4.17. The Morgan fingerprint density at radius 3 is 2.88 bits per heavy atom. The van der Waals surface area contributed by atoms with E-state index >= 15 is 0 Å². The van der Waals surface area contributed by atoms with Crippen molar-refractivity contribution in [3.8, 4) is 0 Å². The standard InChI is InChI=1S/C11H17N3O3/c15-10(16)9-8-17-11(13-9)12-4-7-14-5-2-1-3-6-14/h8H,1-7H2,(H,12,13)(H,15,16). The molecular weight excluding hydrogens is 222 g/mol. The van der Waals surface area contributed by atoms with Crippen molar-refractivity contribution in [1.82, 2.24) is 9.88 Å². The summed E-state index contributed by atoms with van der Waals surface area (Å²) in [4.78, 5) is 16.8.